The Morgan fingerprint density at radius 1 is 0.967 bits per heavy atom. The molecule has 0 radical (unpaired) electrons. The summed E-state index contributed by atoms with van der Waals surface area (Å²) in [5.74, 6) is 1.55. The standard InChI is InChI=1S/C22H28F2N2O3.ClH/c1-27-20-12-17(18(13-22(23)24)26-10-8-25-9-11-26)19(14-21(20)28-2)29-15-16-6-4-3-5-7-16;/h3-7,12,14,18,22,25H,8-11,13,15H2,1-2H3;1H/t18-;/m1./s1. The van der Waals surface area contributed by atoms with Crippen LogP contribution < -0.4 is 19.5 Å². The van der Waals surface area contributed by atoms with Gasteiger partial charge in [0.2, 0.25) is 6.43 Å². The van der Waals surface area contributed by atoms with Gasteiger partial charge in [0.1, 0.15) is 12.4 Å². The third kappa shape index (κ3) is 6.20. The molecule has 0 amide bonds. The van der Waals surface area contributed by atoms with Gasteiger partial charge in [-0.3, -0.25) is 4.90 Å². The van der Waals surface area contributed by atoms with Gasteiger partial charge in [0.05, 0.1) is 14.2 Å². The third-order valence-electron chi connectivity index (χ3n) is 5.11. The van der Waals surface area contributed by atoms with Crippen molar-refractivity contribution in [1.29, 1.82) is 0 Å². The highest BCUT2D eigenvalue weighted by Crippen LogP contribution is 2.41. The summed E-state index contributed by atoms with van der Waals surface area (Å²) in [4.78, 5) is 2.08. The number of hydrogen-bond acceptors (Lipinski definition) is 5. The number of methoxy groups -OCH3 is 2. The SMILES string of the molecule is COc1cc(OCc2ccccc2)c([C@@H](CC(F)F)N2CCNCC2)cc1OC.Cl. The molecule has 0 spiro atoms. The van der Waals surface area contributed by atoms with E-state index in [0.29, 0.717) is 42.5 Å². The molecule has 0 aromatic heterocycles. The first-order valence-corrected chi connectivity index (χ1v) is 9.78. The molecule has 3 rings (SSSR count). The van der Waals surface area contributed by atoms with Gasteiger partial charge in [0.25, 0.3) is 0 Å². The van der Waals surface area contributed by atoms with Gasteiger partial charge in [0, 0.05) is 50.3 Å². The summed E-state index contributed by atoms with van der Waals surface area (Å²) >= 11 is 0. The molecule has 0 aliphatic carbocycles. The molecular weight excluding hydrogens is 414 g/mol. The fourth-order valence-corrected chi connectivity index (χ4v) is 3.63. The summed E-state index contributed by atoms with van der Waals surface area (Å²) in [6.45, 7) is 3.28. The second kappa shape index (κ2) is 11.9. The molecule has 1 saturated heterocycles. The van der Waals surface area contributed by atoms with Crippen molar-refractivity contribution in [3.63, 3.8) is 0 Å². The van der Waals surface area contributed by atoms with Crippen LogP contribution >= 0.6 is 12.4 Å². The molecule has 1 aliphatic rings. The Morgan fingerprint density at radius 3 is 2.20 bits per heavy atom. The Hall–Kier alpha value is -2.09. The highest BCUT2D eigenvalue weighted by atomic mass is 35.5. The molecule has 0 unspecified atom stereocenters. The Kier molecular flexibility index (Phi) is 9.62. The zero-order valence-corrected chi connectivity index (χ0v) is 18.1. The molecule has 1 fully saturated rings. The van der Waals surface area contributed by atoms with E-state index in [0.717, 1.165) is 18.7 Å². The Labute approximate surface area is 182 Å². The number of halogens is 3. The van der Waals surface area contributed by atoms with Crippen LogP contribution in [0, 0.1) is 0 Å². The molecule has 166 valence electrons. The molecule has 2 aromatic rings. The van der Waals surface area contributed by atoms with Crippen molar-refractivity contribution < 1.29 is 23.0 Å². The quantitative estimate of drug-likeness (QED) is 0.627. The lowest BCUT2D eigenvalue weighted by molar-refractivity contribution is 0.0723. The molecule has 0 saturated carbocycles. The van der Waals surface area contributed by atoms with Crippen molar-refractivity contribution in [2.45, 2.75) is 25.5 Å². The number of nitrogens with zero attached hydrogens (tertiary/aromatic N) is 1. The van der Waals surface area contributed by atoms with Crippen molar-refractivity contribution in [3.05, 3.63) is 53.6 Å². The molecule has 8 heteroatoms. The van der Waals surface area contributed by atoms with E-state index in [1.165, 1.54) is 0 Å². The fraction of sp³-hybridized carbons (Fsp3) is 0.455. The van der Waals surface area contributed by atoms with Crippen LogP contribution in [0.25, 0.3) is 0 Å². The highest BCUT2D eigenvalue weighted by Gasteiger charge is 2.29. The van der Waals surface area contributed by atoms with Crippen LogP contribution in [-0.2, 0) is 6.61 Å². The maximum absolute atomic E-state index is 13.5. The van der Waals surface area contributed by atoms with Crippen LogP contribution in [-0.4, -0.2) is 51.7 Å². The van der Waals surface area contributed by atoms with Gasteiger partial charge in [-0.15, -0.1) is 12.4 Å². The molecule has 1 N–H and O–H groups in total. The third-order valence-corrected chi connectivity index (χ3v) is 5.11. The molecule has 30 heavy (non-hydrogen) atoms. The number of piperazine rings is 1. The minimum absolute atomic E-state index is 0. The van der Waals surface area contributed by atoms with Crippen molar-refractivity contribution in [1.82, 2.24) is 10.2 Å². The van der Waals surface area contributed by atoms with Gasteiger partial charge in [-0.1, -0.05) is 30.3 Å². The van der Waals surface area contributed by atoms with E-state index in [2.05, 4.69) is 10.2 Å². The van der Waals surface area contributed by atoms with Crippen LogP contribution in [0.1, 0.15) is 23.6 Å². The predicted molar refractivity (Wildman–Crippen MR) is 115 cm³/mol. The van der Waals surface area contributed by atoms with Crippen LogP contribution in [0.4, 0.5) is 8.78 Å². The largest absolute Gasteiger partial charge is 0.493 e. The maximum atomic E-state index is 13.5. The number of alkyl halides is 2. The van der Waals surface area contributed by atoms with Crippen molar-refractivity contribution in [3.8, 4) is 17.2 Å². The van der Waals surface area contributed by atoms with Gasteiger partial charge in [-0.2, -0.15) is 0 Å². The summed E-state index contributed by atoms with van der Waals surface area (Å²) < 4.78 is 43.9. The number of hydrogen-bond donors (Lipinski definition) is 1. The van der Waals surface area contributed by atoms with E-state index in [4.69, 9.17) is 14.2 Å². The second-order valence-electron chi connectivity index (χ2n) is 6.95. The van der Waals surface area contributed by atoms with Crippen LogP contribution in [0.3, 0.4) is 0 Å². The van der Waals surface area contributed by atoms with E-state index < -0.39 is 12.5 Å². The van der Waals surface area contributed by atoms with E-state index in [9.17, 15) is 8.78 Å². The lowest BCUT2D eigenvalue weighted by Gasteiger charge is -2.36. The summed E-state index contributed by atoms with van der Waals surface area (Å²) in [5.41, 5.74) is 1.70. The lowest BCUT2D eigenvalue weighted by Crippen LogP contribution is -2.45. The van der Waals surface area contributed by atoms with Crippen molar-refractivity contribution in [2.75, 3.05) is 40.4 Å². The predicted octanol–water partition coefficient (Wildman–Crippen LogP) is 4.31. The highest BCUT2D eigenvalue weighted by molar-refractivity contribution is 5.85. The summed E-state index contributed by atoms with van der Waals surface area (Å²) in [6, 6.07) is 12.8. The number of ether oxygens (including phenoxy) is 3. The van der Waals surface area contributed by atoms with Crippen molar-refractivity contribution >= 4 is 12.4 Å². The molecule has 1 aliphatic heterocycles. The Morgan fingerprint density at radius 2 is 1.60 bits per heavy atom. The van der Waals surface area contributed by atoms with Gasteiger partial charge < -0.3 is 19.5 Å². The number of benzene rings is 2. The molecule has 2 aromatic carbocycles. The van der Waals surface area contributed by atoms with Gasteiger partial charge in [-0.25, -0.2) is 8.78 Å². The average Bonchev–Trinajstić information content (AvgIpc) is 2.76. The minimum atomic E-state index is -2.43. The van der Waals surface area contributed by atoms with Crippen molar-refractivity contribution in [2.24, 2.45) is 0 Å². The normalized spacial score (nSPS) is 15.4. The van der Waals surface area contributed by atoms with Gasteiger partial charge >= 0.3 is 0 Å². The van der Waals surface area contributed by atoms with Crippen LogP contribution in [0.15, 0.2) is 42.5 Å². The number of nitrogens with one attached hydrogen (secondary N) is 1. The van der Waals surface area contributed by atoms with E-state index in [-0.39, 0.29) is 18.8 Å². The van der Waals surface area contributed by atoms with E-state index >= 15 is 0 Å². The van der Waals surface area contributed by atoms with E-state index in [1.807, 2.05) is 30.3 Å². The first-order chi connectivity index (χ1) is 14.1. The Balaban J connectivity index is 0.00000320. The monoisotopic (exact) mass is 442 g/mol. The maximum Gasteiger partial charge on any atom is 0.240 e. The van der Waals surface area contributed by atoms with Gasteiger partial charge in [-0.05, 0) is 11.6 Å². The summed E-state index contributed by atoms with van der Waals surface area (Å²) in [5, 5.41) is 3.27. The number of rotatable bonds is 9. The molecule has 0 bridgehead atoms. The zero-order chi connectivity index (χ0) is 20.6. The molecular formula is C22H29ClF2N2O3. The summed E-state index contributed by atoms with van der Waals surface area (Å²) in [7, 11) is 3.09. The zero-order valence-electron chi connectivity index (χ0n) is 17.3. The smallest absolute Gasteiger partial charge is 0.240 e. The molecule has 1 atom stereocenters. The lowest BCUT2D eigenvalue weighted by atomic mass is 9.99. The average molecular weight is 443 g/mol. The van der Waals surface area contributed by atoms with Crippen LogP contribution in [0.5, 0.6) is 17.2 Å². The van der Waals surface area contributed by atoms with Gasteiger partial charge in [0.15, 0.2) is 11.5 Å². The fourth-order valence-electron chi connectivity index (χ4n) is 3.63. The van der Waals surface area contributed by atoms with Crippen LogP contribution in [0.2, 0.25) is 0 Å². The first kappa shape index (κ1) is 24.2. The van der Waals surface area contributed by atoms with E-state index in [1.54, 1.807) is 26.4 Å². The first-order valence-electron chi connectivity index (χ1n) is 9.78. The summed E-state index contributed by atoms with van der Waals surface area (Å²) in [6.07, 6.45) is -2.69. The topological polar surface area (TPSA) is 43.0 Å². The molecule has 5 nitrogen and oxygen atoms in total. The second-order valence-corrected chi connectivity index (χ2v) is 6.95. The minimum Gasteiger partial charge on any atom is -0.493 e. The Bertz CT molecular complexity index is 774. The molecule has 1 heterocycles.